The van der Waals surface area contributed by atoms with Crippen molar-refractivity contribution in [3.63, 3.8) is 0 Å². The largest absolute Gasteiger partial charge is 0.481 e. The van der Waals surface area contributed by atoms with Crippen molar-refractivity contribution in [3.05, 3.63) is 0 Å². The molecular formula is C10H17NO3S. The van der Waals surface area contributed by atoms with Gasteiger partial charge in [-0.3, -0.25) is 9.59 Å². The number of thioether (sulfide) groups is 1. The zero-order valence-corrected chi connectivity index (χ0v) is 9.68. The summed E-state index contributed by atoms with van der Waals surface area (Å²) in [5.41, 5.74) is 0. The first-order chi connectivity index (χ1) is 7.11. The molecule has 1 rings (SSSR count). The van der Waals surface area contributed by atoms with E-state index in [4.69, 9.17) is 5.11 Å². The van der Waals surface area contributed by atoms with Crippen molar-refractivity contribution in [1.82, 2.24) is 5.32 Å². The van der Waals surface area contributed by atoms with E-state index in [9.17, 15) is 9.59 Å². The van der Waals surface area contributed by atoms with Gasteiger partial charge in [0.1, 0.15) is 0 Å². The number of hydrogen-bond acceptors (Lipinski definition) is 3. The number of aliphatic carboxylic acids is 1. The van der Waals surface area contributed by atoms with Crippen molar-refractivity contribution in [2.75, 3.05) is 6.26 Å². The Balaban J connectivity index is 2.18. The fourth-order valence-electron chi connectivity index (χ4n) is 1.81. The van der Waals surface area contributed by atoms with Crippen LogP contribution in [0.3, 0.4) is 0 Å². The number of rotatable bonds is 5. The Labute approximate surface area is 93.8 Å². The summed E-state index contributed by atoms with van der Waals surface area (Å²) in [4.78, 5) is 21.6. The molecule has 1 saturated carbocycles. The molecule has 0 saturated heterocycles. The van der Waals surface area contributed by atoms with E-state index in [1.807, 2.05) is 11.8 Å². The molecule has 0 spiro atoms. The summed E-state index contributed by atoms with van der Waals surface area (Å²) in [6, 6.07) is 0.253. The van der Waals surface area contributed by atoms with Crippen LogP contribution in [0.1, 0.15) is 32.1 Å². The molecular weight excluding hydrogens is 214 g/mol. The molecule has 0 radical (unpaired) electrons. The first-order valence-corrected chi connectivity index (χ1v) is 6.44. The van der Waals surface area contributed by atoms with Gasteiger partial charge in [0.15, 0.2) is 0 Å². The molecule has 2 N–H and O–H groups in total. The third kappa shape index (κ3) is 4.55. The van der Waals surface area contributed by atoms with Gasteiger partial charge in [0.05, 0.1) is 6.42 Å². The van der Waals surface area contributed by atoms with Gasteiger partial charge in [0, 0.05) is 17.7 Å². The van der Waals surface area contributed by atoms with Crippen LogP contribution in [-0.2, 0) is 9.59 Å². The summed E-state index contributed by atoms with van der Waals surface area (Å²) in [5.74, 6) is -1.05. The monoisotopic (exact) mass is 231 g/mol. The van der Waals surface area contributed by atoms with Crippen molar-refractivity contribution in [1.29, 1.82) is 0 Å². The molecule has 2 atom stereocenters. The highest BCUT2D eigenvalue weighted by atomic mass is 32.2. The molecule has 1 aliphatic carbocycles. The Morgan fingerprint density at radius 1 is 1.40 bits per heavy atom. The molecule has 1 aliphatic rings. The average molecular weight is 231 g/mol. The van der Waals surface area contributed by atoms with Gasteiger partial charge in [-0.05, 0) is 25.5 Å². The Hall–Kier alpha value is -0.710. The van der Waals surface area contributed by atoms with Crippen molar-refractivity contribution >= 4 is 23.6 Å². The maximum Gasteiger partial charge on any atom is 0.303 e. The standard InChI is InChI=1S/C10H17NO3S/c1-15-8-3-2-7(6-8)11-9(12)4-5-10(13)14/h7-8H,2-6H2,1H3,(H,11,12)(H,13,14). The SMILES string of the molecule is CSC1CCC(NC(=O)CCC(=O)O)C1. The Morgan fingerprint density at radius 3 is 2.67 bits per heavy atom. The van der Waals surface area contributed by atoms with E-state index in [1.54, 1.807) is 0 Å². The topological polar surface area (TPSA) is 66.4 Å². The fourth-order valence-corrected chi connectivity index (χ4v) is 2.60. The van der Waals surface area contributed by atoms with E-state index in [2.05, 4.69) is 11.6 Å². The lowest BCUT2D eigenvalue weighted by atomic mass is 10.2. The number of carbonyl (C=O) groups excluding carboxylic acids is 1. The maximum atomic E-state index is 11.3. The molecule has 4 nitrogen and oxygen atoms in total. The zero-order chi connectivity index (χ0) is 11.3. The van der Waals surface area contributed by atoms with Crippen LogP contribution in [0.4, 0.5) is 0 Å². The highest BCUT2D eigenvalue weighted by Crippen LogP contribution is 2.28. The normalized spacial score (nSPS) is 25.1. The maximum absolute atomic E-state index is 11.3. The summed E-state index contributed by atoms with van der Waals surface area (Å²) in [6.07, 6.45) is 5.27. The van der Waals surface area contributed by atoms with Gasteiger partial charge in [-0.25, -0.2) is 0 Å². The Morgan fingerprint density at radius 2 is 2.13 bits per heavy atom. The van der Waals surface area contributed by atoms with Gasteiger partial charge in [0.25, 0.3) is 0 Å². The second-order valence-electron chi connectivity index (χ2n) is 3.83. The fraction of sp³-hybridized carbons (Fsp3) is 0.800. The molecule has 15 heavy (non-hydrogen) atoms. The van der Waals surface area contributed by atoms with E-state index in [-0.39, 0.29) is 24.8 Å². The van der Waals surface area contributed by atoms with Crippen molar-refractivity contribution in [2.24, 2.45) is 0 Å². The molecule has 1 amide bonds. The quantitative estimate of drug-likeness (QED) is 0.747. The van der Waals surface area contributed by atoms with Crippen molar-refractivity contribution in [2.45, 2.75) is 43.4 Å². The molecule has 0 aliphatic heterocycles. The van der Waals surface area contributed by atoms with Crippen LogP contribution in [0.5, 0.6) is 0 Å². The minimum absolute atomic E-state index is 0.0789. The van der Waals surface area contributed by atoms with E-state index in [0.29, 0.717) is 5.25 Å². The van der Waals surface area contributed by atoms with E-state index in [1.165, 1.54) is 0 Å². The molecule has 1 fully saturated rings. The van der Waals surface area contributed by atoms with Crippen molar-refractivity contribution < 1.29 is 14.7 Å². The second-order valence-corrected chi connectivity index (χ2v) is 4.97. The second kappa shape index (κ2) is 6.00. The number of hydrogen-bond donors (Lipinski definition) is 2. The van der Waals surface area contributed by atoms with Crippen LogP contribution in [0.25, 0.3) is 0 Å². The molecule has 0 heterocycles. The van der Waals surface area contributed by atoms with Crippen LogP contribution in [0.2, 0.25) is 0 Å². The summed E-state index contributed by atoms with van der Waals surface area (Å²) >= 11 is 1.84. The van der Waals surface area contributed by atoms with Crippen LogP contribution >= 0.6 is 11.8 Å². The van der Waals surface area contributed by atoms with Crippen LogP contribution in [0.15, 0.2) is 0 Å². The number of amides is 1. The molecule has 0 aromatic heterocycles. The zero-order valence-electron chi connectivity index (χ0n) is 8.86. The number of carbonyl (C=O) groups is 2. The summed E-state index contributed by atoms with van der Waals surface area (Å²) in [5, 5.41) is 12.0. The van der Waals surface area contributed by atoms with Gasteiger partial charge in [-0.1, -0.05) is 0 Å². The van der Waals surface area contributed by atoms with Crippen LogP contribution in [0, 0.1) is 0 Å². The highest BCUT2D eigenvalue weighted by Gasteiger charge is 2.24. The molecule has 0 bridgehead atoms. The molecule has 86 valence electrons. The van der Waals surface area contributed by atoms with Gasteiger partial charge < -0.3 is 10.4 Å². The first-order valence-electron chi connectivity index (χ1n) is 5.15. The Kier molecular flexibility index (Phi) is 4.94. The van der Waals surface area contributed by atoms with Crippen molar-refractivity contribution in [3.8, 4) is 0 Å². The third-order valence-electron chi connectivity index (χ3n) is 2.65. The highest BCUT2D eigenvalue weighted by molar-refractivity contribution is 7.99. The lowest BCUT2D eigenvalue weighted by molar-refractivity contribution is -0.138. The predicted octanol–water partition coefficient (Wildman–Crippen LogP) is 1.25. The minimum atomic E-state index is -0.918. The molecule has 5 heteroatoms. The Bertz CT molecular complexity index is 245. The van der Waals surface area contributed by atoms with Gasteiger partial charge in [0.2, 0.25) is 5.91 Å². The van der Waals surface area contributed by atoms with E-state index in [0.717, 1.165) is 19.3 Å². The van der Waals surface area contributed by atoms with Crippen LogP contribution in [-0.4, -0.2) is 34.5 Å². The summed E-state index contributed by atoms with van der Waals surface area (Å²) < 4.78 is 0. The van der Waals surface area contributed by atoms with Gasteiger partial charge >= 0.3 is 5.97 Å². The number of carboxylic acid groups (broad SMARTS) is 1. The lowest BCUT2D eigenvalue weighted by Gasteiger charge is -2.12. The average Bonchev–Trinajstić information content (AvgIpc) is 2.62. The molecule has 2 unspecified atom stereocenters. The van der Waals surface area contributed by atoms with Gasteiger partial charge in [-0.2, -0.15) is 11.8 Å². The van der Waals surface area contributed by atoms with Gasteiger partial charge in [-0.15, -0.1) is 0 Å². The van der Waals surface area contributed by atoms with E-state index >= 15 is 0 Å². The summed E-state index contributed by atoms with van der Waals surface area (Å²) in [6.45, 7) is 0. The third-order valence-corrected chi connectivity index (χ3v) is 3.74. The smallest absolute Gasteiger partial charge is 0.303 e. The minimum Gasteiger partial charge on any atom is -0.481 e. The predicted molar refractivity (Wildman–Crippen MR) is 60.0 cm³/mol. The lowest BCUT2D eigenvalue weighted by Crippen LogP contribution is -2.33. The van der Waals surface area contributed by atoms with E-state index < -0.39 is 5.97 Å². The molecule has 0 aromatic rings. The first kappa shape index (κ1) is 12.4. The van der Waals surface area contributed by atoms with Crippen LogP contribution < -0.4 is 5.32 Å². The molecule has 0 aromatic carbocycles. The number of carboxylic acids is 1. The number of nitrogens with one attached hydrogen (secondary N) is 1. The summed E-state index contributed by atoms with van der Waals surface area (Å²) in [7, 11) is 0.